The molecule has 1 aliphatic carbocycles. The molecule has 0 unspecified atom stereocenters. The predicted octanol–water partition coefficient (Wildman–Crippen LogP) is 3.33. The van der Waals surface area contributed by atoms with E-state index in [4.69, 9.17) is 23.7 Å². The standard InChI is InChI=1S/C29H36N2O8/c1-18-23(14-20-7-5-4-6-8-20)22(13-21-9-10-21)15-36-16-24(29(34)39-18)31-28(33)26-27(38-17-37-19(2)32)25(35-3)11-12-30-26/h4-8,11-12,18,21-24H,9-10,13-17H2,1-3H3,(H,31,33)/t18-,22-,23-,24-/m0/s1. The molecule has 2 fully saturated rings. The van der Waals surface area contributed by atoms with Crippen LogP contribution >= 0.6 is 0 Å². The number of rotatable bonds is 10. The number of hydrogen-bond acceptors (Lipinski definition) is 9. The van der Waals surface area contributed by atoms with Crippen molar-refractivity contribution in [1.82, 2.24) is 10.3 Å². The maximum atomic E-state index is 13.3. The maximum Gasteiger partial charge on any atom is 0.331 e. The van der Waals surface area contributed by atoms with E-state index < -0.39 is 30.7 Å². The number of aromatic nitrogens is 1. The molecule has 2 heterocycles. The first-order valence-corrected chi connectivity index (χ1v) is 13.3. The molecule has 1 saturated heterocycles. The molecule has 39 heavy (non-hydrogen) atoms. The van der Waals surface area contributed by atoms with Gasteiger partial charge in [-0.3, -0.25) is 9.59 Å². The number of carbonyl (C=O) groups is 3. The molecular formula is C29H36N2O8. The van der Waals surface area contributed by atoms with Gasteiger partial charge < -0.3 is 29.0 Å². The van der Waals surface area contributed by atoms with Crippen LogP contribution in [0.25, 0.3) is 0 Å². The third kappa shape index (κ3) is 7.92. The Morgan fingerprint density at radius 2 is 1.90 bits per heavy atom. The Kier molecular flexibility index (Phi) is 9.75. The molecule has 1 N–H and O–H groups in total. The summed E-state index contributed by atoms with van der Waals surface area (Å²) < 4.78 is 27.6. The van der Waals surface area contributed by atoms with E-state index in [1.807, 2.05) is 25.1 Å². The number of carbonyl (C=O) groups excluding carboxylic acids is 3. The molecule has 10 heteroatoms. The van der Waals surface area contributed by atoms with Crippen molar-refractivity contribution >= 4 is 17.8 Å². The molecule has 1 aromatic carbocycles. The number of nitrogens with zero attached hydrogens (tertiary/aromatic N) is 1. The summed E-state index contributed by atoms with van der Waals surface area (Å²) in [7, 11) is 1.41. The molecule has 4 atom stereocenters. The third-order valence-electron chi connectivity index (χ3n) is 7.13. The van der Waals surface area contributed by atoms with Crippen molar-refractivity contribution < 1.29 is 38.1 Å². The van der Waals surface area contributed by atoms with Gasteiger partial charge >= 0.3 is 11.9 Å². The SMILES string of the molecule is COc1ccnc(C(=O)N[C@H]2COC[C@H](CC3CC3)[C@@H](Cc3ccccc3)[C@H](C)OC2=O)c1OCOC(C)=O. The van der Waals surface area contributed by atoms with Crippen LogP contribution in [0.5, 0.6) is 11.5 Å². The van der Waals surface area contributed by atoms with Gasteiger partial charge in [0.25, 0.3) is 5.91 Å². The zero-order valence-electron chi connectivity index (χ0n) is 22.6. The average molecular weight is 541 g/mol. The van der Waals surface area contributed by atoms with Gasteiger partial charge in [0.15, 0.2) is 23.2 Å². The second-order valence-electron chi connectivity index (χ2n) is 10.1. The fourth-order valence-electron chi connectivity index (χ4n) is 4.90. The quantitative estimate of drug-likeness (QED) is 0.357. The predicted molar refractivity (Wildman–Crippen MR) is 140 cm³/mol. The highest BCUT2D eigenvalue weighted by Gasteiger charge is 2.38. The molecule has 0 bridgehead atoms. The number of pyridine rings is 1. The zero-order chi connectivity index (χ0) is 27.8. The van der Waals surface area contributed by atoms with Gasteiger partial charge in [0.05, 0.1) is 13.7 Å². The largest absolute Gasteiger partial charge is 0.493 e. The molecule has 0 radical (unpaired) electrons. The highest BCUT2D eigenvalue weighted by molar-refractivity contribution is 5.98. The molecular weight excluding hydrogens is 504 g/mol. The first-order valence-electron chi connectivity index (χ1n) is 13.3. The molecule has 1 aliphatic heterocycles. The first kappa shape index (κ1) is 28.4. The van der Waals surface area contributed by atoms with Crippen LogP contribution in [0, 0.1) is 17.8 Å². The van der Waals surface area contributed by atoms with E-state index >= 15 is 0 Å². The monoisotopic (exact) mass is 540 g/mol. The van der Waals surface area contributed by atoms with E-state index in [-0.39, 0.29) is 41.7 Å². The first-order chi connectivity index (χ1) is 18.9. The number of hydrogen-bond donors (Lipinski definition) is 1. The molecule has 210 valence electrons. The van der Waals surface area contributed by atoms with Gasteiger partial charge in [-0.2, -0.15) is 0 Å². The number of cyclic esters (lactones) is 1. The molecule has 1 aromatic heterocycles. The number of amides is 1. The van der Waals surface area contributed by atoms with E-state index in [1.54, 1.807) is 0 Å². The Bertz CT molecular complexity index is 1140. The van der Waals surface area contributed by atoms with Crippen molar-refractivity contribution in [3.05, 3.63) is 53.9 Å². The minimum Gasteiger partial charge on any atom is -0.493 e. The lowest BCUT2D eigenvalue weighted by atomic mass is 9.80. The third-order valence-corrected chi connectivity index (χ3v) is 7.13. The minimum absolute atomic E-state index is 0.0168. The summed E-state index contributed by atoms with van der Waals surface area (Å²) in [5.74, 6) is -0.628. The second-order valence-corrected chi connectivity index (χ2v) is 10.1. The molecule has 0 spiro atoms. The fraction of sp³-hybridized carbons (Fsp3) is 0.517. The molecule has 2 aliphatic rings. The Labute approximate surface area is 228 Å². The minimum atomic E-state index is -1.05. The van der Waals surface area contributed by atoms with Crippen LogP contribution in [0.15, 0.2) is 42.6 Å². The summed E-state index contributed by atoms with van der Waals surface area (Å²) in [5.41, 5.74) is 1.05. The normalized spacial score (nSPS) is 23.4. The van der Waals surface area contributed by atoms with Gasteiger partial charge in [0, 0.05) is 31.7 Å². The summed E-state index contributed by atoms with van der Waals surface area (Å²) in [4.78, 5) is 41.7. The number of methoxy groups -OCH3 is 1. The van der Waals surface area contributed by atoms with Crippen molar-refractivity contribution in [2.24, 2.45) is 17.8 Å². The fourth-order valence-corrected chi connectivity index (χ4v) is 4.90. The summed E-state index contributed by atoms with van der Waals surface area (Å²) >= 11 is 0. The number of ether oxygens (including phenoxy) is 5. The van der Waals surface area contributed by atoms with Crippen molar-refractivity contribution in [2.45, 2.75) is 51.7 Å². The molecule has 2 aromatic rings. The summed E-state index contributed by atoms with van der Waals surface area (Å²) in [6.07, 6.45) is 5.23. The van der Waals surface area contributed by atoms with E-state index in [0.29, 0.717) is 12.5 Å². The van der Waals surface area contributed by atoms with Gasteiger partial charge in [0.2, 0.25) is 6.79 Å². The van der Waals surface area contributed by atoms with Gasteiger partial charge in [-0.15, -0.1) is 0 Å². The topological polar surface area (TPSA) is 122 Å². The van der Waals surface area contributed by atoms with E-state index in [9.17, 15) is 14.4 Å². The van der Waals surface area contributed by atoms with Gasteiger partial charge in [-0.25, -0.2) is 9.78 Å². The van der Waals surface area contributed by atoms with Crippen molar-refractivity contribution in [2.75, 3.05) is 27.1 Å². The average Bonchev–Trinajstić information content (AvgIpc) is 3.74. The van der Waals surface area contributed by atoms with Crippen LogP contribution in [0.3, 0.4) is 0 Å². The Balaban J connectivity index is 1.49. The molecule has 1 saturated carbocycles. The van der Waals surface area contributed by atoms with Gasteiger partial charge in [-0.1, -0.05) is 43.2 Å². The number of esters is 2. The lowest BCUT2D eigenvalue weighted by Crippen LogP contribution is -2.46. The summed E-state index contributed by atoms with van der Waals surface area (Å²) in [5, 5.41) is 2.68. The van der Waals surface area contributed by atoms with E-state index in [1.165, 1.54) is 44.7 Å². The van der Waals surface area contributed by atoms with Crippen LogP contribution in [-0.2, 0) is 30.2 Å². The number of benzene rings is 1. The summed E-state index contributed by atoms with van der Waals surface area (Å²) in [6.45, 7) is 3.15. The van der Waals surface area contributed by atoms with Crippen LogP contribution in [0.2, 0.25) is 0 Å². The van der Waals surface area contributed by atoms with Crippen LogP contribution in [-0.4, -0.2) is 62.1 Å². The smallest absolute Gasteiger partial charge is 0.331 e. The van der Waals surface area contributed by atoms with Crippen LogP contribution < -0.4 is 14.8 Å². The highest BCUT2D eigenvalue weighted by Crippen LogP contribution is 2.40. The van der Waals surface area contributed by atoms with Crippen LogP contribution in [0.1, 0.15) is 49.2 Å². The van der Waals surface area contributed by atoms with E-state index in [0.717, 1.165) is 12.8 Å². The highest BCUT2D eigenvalue weighted by atomic mass is 16.7. The lowest BCUT2D eigenvalue weighted by molar-refractivity contribution is -0.154. The molecule has 10 nitrogen and oxygen atoms in total. The zero-order valence-corrected chi connectivity index (χ0v) is 22.6. The maximum absolute atomic E-state index is 13.3. The Hall–Kier alpha value is -3.66. The van der Waals surface area contributed by atoms with Crippen molar-refractivity contribution in [3.8, 4) is 11.5 Å². The summed E-state index contributed by atoms with van der Waals surface area (Å²) in [6, 6.07) is 10.6. The van der Waals surface area contributed by atoms with Crippen molar-refractivity contribution in [1.29, 1.82) is 0 Å². The van der Waals surface area contributed by atoms with Crippen molar-refractivity contribution in [3.63, 3.8) is 0 Å². The second kappa shape index (κ2) is 13.4. The molecule has 4 rings (SSSR count). The van der Waals surface area contributed by atoms with Crippen LogP contribution in [0.4, 0.5) is 0 Å². The lowest BCUT2D eigenvalue weighted by Gasteiger charge is -2.31. The Morgan fingerprint density at radius 1 is 1.13 bits per heavy atom. The van der Waals surface area contributed by atoms with Gasteiger partial charge in [0.1, 0.15) is 6.10 Å². The number of nitrogens with one attached hydrogen (secondary N) is 1. The Morgan fingerprint density at radius 3 is 2.59 bits per heavy atom. The van der Waals surface area contributed by atoms with Gasteiger partial charge in [-0.05, 0) is 37.2 Å². The molecule has 1 amide bonds. The van der Waals surface area contributed by atoms with E-state index in [2.05, 4.69) is 22.4 Å².